The van der Waals surface area contributed by atoms with E-state index in [2.05, 4.69) is 26.9 Å². The maximum atomic E-state index is 10.6. The molecule has 0 radical (unpaired) electrons. The Morgan fingerprint density at radius 3 is 1.62 bits per heavy atom. The Morgan fingerprint density at radius 1 is 0.810 bits per heavy atom. The van der Waals surface area contributed by atoms with Gasteiger partial charge in [0, 0.05) is 31.0 Å². The number of pyridine rings is 1. The summed E-state index contributed by atoms with van der Waals surface area (Å²) >= 11 is 0. The zero-order valence-electron chi connectivity index (χ0n) is 22.0. The van der Waals surface area contributed by atoms with Crippen molar-refractivity contribution in [3.8, 4) is 0 Å². The molecule has 0 unspecified atom stereocenters. The highest BCUT2D eigenvalue weighted by Crippen LogP contribution is 2.40. The minimum absolute atomic E-state index is 0.496. The average Bonchev–Trinajstić information content (AvgIpc) is 3.61. The zero-order valence-corrected chi connectivity index (χ0v) is 22.0. The molecule has 1 aliphatic carbocycles. The average molecular weight is 628 g/mol. The molecule has 1 spiro atoms. The van der Waals surface area contributed by atoms with Gasteiger partial charge >= 0.3 is 36.4 Å². The second-order valence-corrected chi connectivity index (χ2v) is 9.76. The summed E-state index contributed by atoms with van der Waals surface area (Å²) in [6.45, 7) is 6.38. The predicted octanol–water partition coefficient (Wildman–Crippen LogP) is 4.82. The van der Waals surface area contributed by atoms with Crippen LogP contribution >= 0.6 is 0 Å². The molecule has 3 aliphatic rings. The fraction of sp³-hybridized carbons (Fsp3) is 0.667. The van der Waals surface area contributed by atoms with Gasteiger partial charge in [0.2, 0.25) is 0 Å². The zero-order chi connectivity index (χ0) is 32.4. The first-order valence-electron chi connectivity index (χ1n) is 12.4. The van der Waals surface area contributed by atoms with Gasteiger partial charge in [0.05, 0.1) is 0 Å². The van der Waals surface area contributed by atoms with E-state index in [1.54, 1.807) is 0 Å². The normalized spacial score (nSPS) is 18.9. The van der Waals surface area contributed by atoms with E-state index in [9.17, 15) is 39.5 Å². The summed E-state index contributed by atoms with van der Waals surface area (Å²) in [5.74, 6) is -7.23. The number of aliphatic carboxylic acids is 3. The van der Waals surface area contributed by atoms with Crippen LogP contribution in [0.2, 0.25) is 0 Å². The van der Waals surface area contributed by atoms with Crippen LogP contribution in [0.1, 0.15) is 44.1 Å². The molecule has 0 amide bonds. The molecule has 0 bridgehead atoms. The fourth-order valence-electron chi connectivity index (χ4n) is 4.34. The molecule has 2 aliphatic heterocycles. The van der Waals surface area contributed by atoms with E-state index in [1.807, 2.05) is 12.4 Å². The third-order valence-corrected chi connectivity index (χ3v) is 6.56. The van der Waals surface area contributed by atoms with Crippen molar-refractivity contribution in [1.29, 1.82) is 0 Å². The van der Waals surface area contributed by atoms with Crippen LogP contribution in [0.25, 0.3) is 0 Å². The third-order valence-electron chi connectivity index (χ3n) is 6.56. The van der Waals surface area contributed by atoms with Gasteiger partial charge in [0.25, 0.3) is 0 Å². The van der Waals surface area contributed by atoms with Crippen molar-refractivity contribution in [1.82, 2.24) is 14.8 Å². The van der Waals surface area contributed by atoms with Crippen LogP contribution in [0, 0.1) is 5.92 Å². The number of aromatic nitrogens is 1. The van der Waals surface area contributed by atoms with Crippen LogP contribution in [0.3, 0.4) is 0 Å². The Morgan fingerprint density at radius 2 is 1.26 bits per heavy atom. The van der Waals surface area contributed by atoms with Crippen LogP contribution in [0.5, 0.6) is 0 Å². The Hall–Kier alpha value is -3.15. The summed E-state index contributed by atoms with van der Waals surface area (Å²) < 4.78 is 95.2. The first-order chi connectivity index (χ1) is 19.2. The molecule has 3 N–H and O–H groups in total. The van der Waals surface area contributed by atoms with Gasteiger partial charge in [-0.1, -0.05) is 6.07 Å². The topological polar surface area (TPSA) is 131 Å². The van der Waals surface area contributed by atoms with Crippen molar-refractivity contribution >= 4 is 17.9 Å². The van der Waals surface area contributed by atoms with E-state index in [4.69, 9.17) is 29.7 Å². The molecule has 1 saturated carbocycles. The Labute approximate surface area is 233 Å². The van der Waals surface area contributed by atoms with E-state index in [0.717, 1.165) is 12.5 Å². The van der Waals surface area contributed by atoms with Gasteiger partial charge in [-0.15, -0.1) is 0 Å². The van der Waals surface area contributed by atoms with Crippen LogP contribution < -0.4 is 0 Å². The molecule has 2 saturated heterocycles. The molecule has 1 aromatic heterocycles. The van der Waals surface area contributed by atoms with E-state index in [1.165, 1.54) is 70.3 Å². The van der Waals surface area contributed by atoms with E-state index < -0.39 is 36.4 Å². The number of carboxylic acid groups (broad SMARTS) is 3. The van der Waals surface area contributed by atoms with Crippen LogP contribution in [0.15, 0.2) is 24.5 Å². The molecule has 0 atom stereocenters. The first-order valence-corrected chi connectivity index (χ1v) is 12.4. The highest BCUT2D eigenvalue weighted by Gasteiger charge is 2.43. The molecular weight excluding hydrogens is 597 g/mol. The van der Waals surface area contributed by atoms with Crippen molar-refractivity contribution in [2.45, 2.75) is 69.1 Å². The van der Waals surface area contributed by atoms with Gasteiger partial charge in [-0.2, -0.15) is 39.5 Å². The number of hydrogen-bond acceptors (Lipinski definition) is 6. The molecule has 3 heterocycles. The van der Waals surface area contributed by atoms with Crippen molar-refractivity contribution in [2.75, 3.05) is 26.2 Å². The number of carbonyl (C=O) groups is 3. The molecule has 0 aromatic carbocycles. The fourth-order valence-corrected chi connectivity index (χ4v) is 4.34. The van der Waals surface area contributed by atoms with Crippen molar-refractivity contribution < 1.29 is 69.2 Å². The molecule has 42 heavy (non-hydrogen) atoms. The summed E-state index contributed by atoms with van der Waals surface area (Å²) in [6.07, 6.45) is -2.84. The smallest absolute Gasteiger partial charge is 0.475 e. The number of hydrogen-bond donors (Lipinski definition) is 3. The monoisotopic (exact) mass is 627 g/mol. The predicted molar refractivity (Wildman–Crippen MR) is 126 cm³/mol. The van der Waals surface area contributed by atoms with Crippen molar-refractivity contribution in [3.63, 3.8) is 0 Å². The maximum absolute atomic E-state index is 10.6. The minimum atomic E-state index is -5.08. The van der Waals surface area contributed by atoms with Crippen LogP contribution in [-0.4, -0.2) is 98.3 Å². The lowest BCUT2D eigenvalue weighted by atomic mass is 9.84. The van der Waals surface area contributed by atoms with Crippen molar-refractivity contribution in [3.05, 3.63) is 30.1 Å². The molecule has 9 nitrogen and oxygen atoms in total. The number of rotatable bonds is 4. The molecular formula is C24H30F9N3O6. The number of nitrogens with zero attached hydrogens (tertiary/aromatic N) is 3. The summed E-state index contributed by atoms with van der Waals surface area (Å²) in [5, 5.41) is 21.4. The highest BCUT2D eigenvalue weighted by molar-refractivity contribution is 5.73. The number of halogens is 9. The largest absolute Gasteiger partial charge is 0.490 e. The van der Waals surface area contributed by atoms with E-state index in [0.29, 0.717) is 5.54 Å². The summed E-state index contributed by atoms with van der Waals surface area (Å²) in [6, 6.07) is 4.29. The number of carboxylic acids is 3. The Bertz CT molecular complexity index is 951. The van der Waals surface area contributed by atoms with Crippen molar-refractivity contribution in [2.24, 2.45) is 5.92 Å². The SMILES string of the molecule is O=C(O)C(F)(F)F.O=C(O)C(F)(F)F.O=C(O)C(F)(F)F.c1cncc(CN2CCCC23CCN(CC2CC2)CC3)c1. The summed E-state index contributed by atoms with van der Waals surface area (Å²) in [5.41, 5.74) is 1.87. The van der Waals surface area contributed by atoms with Gasteiger partial charge in [-0.25, -0.2) is 14.4 Å². The molecule has 240 valence electrons. The lowest BCUT2D eigenvalue weighted by molar-refractivity contribution is -0.193. The number of alkyl halides is 9. The van der Waals surface area contributed by atoms with Gasteiger partial charge < -0.3 is 20.2 Å². The maximum Gasteiger partial charge on any atom is 0.490 e. The summed E-state index contributed by atoms with van der Waals surface area (Å²) in [4.78, 5) is 36.5. The summed E-state index contributed by atoms with van der Waals surface area (Å²) in [7, 11) is 0. The van der Waals surface area contributed by atoms with E-state index >= 15 is 0 Å². The first kappa shape index (κ1) is 36.9. The Kier molecular flexibility index (Phi) is 13.5. The van der Waals surface area contributed by atoms with Gasteiger partial charge in [-0.05, 0) is 75.7 Å². The standard InChI is InChI=1S/C18H27N3.3C2HF3O2/c1-3-17(13-19-9-1)15-21-10-2-6-18(21)7-11-20(12-8-18)14-16-4-5-16;3*3-2(4,5)1(6)7/h1,3,9,13,16H,2,4-8,10-12,14-15H2;3*(H,6,7). The lowest BCUT2D eigenvalue weighted by Gasteiger charge is -2.45. The van der Waals surface area contributed by atoms with Gasteiger partial charge in [0.15, 0.2) is 0 Å². The third kappa shape index (κ3) is 13.7. The second-order valence-electron chi connectivity index (χ2n) is 9.76. The number of likely N-dealkylation sites (tertiary alicyclic amines) is 2. The second kappa shape index (κ2) is 15.4. The quantitative estimate of drug-likeness (QED) is 0.402. The Balaban J connectivity index is 0.000000348. The molecule has 18 heteroatoms. The van der Waals surface area contributed by atoms with Crippen LogP contribution in [0.4, 0.5) is 39.5 Å². The lowest BCUT2D eigenvalue weighted by Crippen LogP contribution is -2.52. The van der Waals surface area contributed by atoms with Gasteiger partial charge in [0.1, 0.15) is 0 Å². The van der Waals surface area contributed by atoms with E-state index in [-0.39, 0.29) is 0 Å². The van der Waals surface area contributed by atoms with Crippen LogP contribution in [-0.2, 0) is 20.9 Å². The molecule has 3 fully saturated rings. The highest BCUT2D eigenvalue weighted by atomic mass is 19.4. The number of piperidine rings is 1. The minimum Gasteiger partial charge on any atom is -0.475 e. The van der Waals surface area contributed by atoms with Gasteiger partial charge in [-0.3, -0.25) is 9.88 Å². The molecule has 4 rings (SSSR count). The molecule has 1 aromatic rings.